The Kier molecular flexibility index (Phi) is 3.82. The molecule has 1 rings (SSSR count). The lowest BCUT2D eigenvalue weighted by atomic mass is 9.98. The summed E-state index contributed by atoms with van der Waals surface area (Å²) in [7, 11) is 0. The number of aryl methyl sites for hydroxylation is 1. The van der Waals surface area contributed by atoms with Crippen LogP contribution in [0.25, 0.3) is 0 Å². The van der Waals surface area contributed by atoms with Crippen LogP contribution >= 0.6 is 15.9 Å². The number of carboxylic acids is 1. The molecule has 0 heterocycles. The van der Waals surface area contributed by atoms with Crippen LogP contribution < -0.4 is 5.73 Å². The zero-order chi connectivity index (χ0) is 11.6. The molecule has 3 nitrogen and oxygen atoms in total. The first-order chi connectivity index (χ1) is 6.97. The maximum Gasteiger partial charge on any atom is 0.312 e. The minimum atomic E-state index is -1.12. The molecule has 0 aliphatic rings. The minimum Gasteiger partial charge on any atom is -0.481 e. The Balaban J connectivity index is 3.24. The maximum absolute atomic E-state index is 13.5. The van der Waals surface area contributed by atoms with Crippen LogP contribution in [-0.4, -0.2) is 17.6 Å². The lowest BCUT2D eigenvalue weighted by molar-refractivity contribution is -0.138. The number of hydrogen-bond acceptors (Lipinski definition) is 2. The summed E-state index contributed by atoms with van der Waals surface area (Å²) < 4.78 is 14.2. The molecule has 0 saturated heterocycles. The van der Waals surface area contributed by atoms with Crippen molar-refractivity contribution in [3.63, 3.8) is 0 Å². The Labute approximate surface area is 95.2 Å². The normalized spacial score (nSPS) is 12.5. The van der Waals surface area contributed by atoms with Gasteiger partial charge in [-0.3, -0.25) is 4.79 Å². The highest BCUT2D eigenvalue weighted by Gasteiger charge is 2.22. The summed E-state index contributed by atoms with van der Waals surface area (Å²) in [5.74, 6) is -2.65. The van der Waals surface area contributed by atoms with Gasteiger partial charge < -0.3 is 10.8 Å². The van der Waals surface area contributed by atoms with Gasteiger partial charge in [0, 0.05) is 16.6 Å². The summed E-state index contributed by atoms with van der Waals surface area (Å²) in [6.45, 7) is 1.61. The topological polar surface area (TPSA) is 63.3 Å². The van der Waals surface area contributed by atoms with Gasteiger partial charge in [-0.1, -0.05) is 15.9 Å². The summed E-state index contributed by atoms with van der Waals surface area (Å²) in [5, 5.41) is 8.85. The SMILES string of the molecule is Cc1cc(F)c(C(CN)C(=O)O)cc1Br. The van der Waals surface area contributed by atoms with Crippen molar-refractivity contribution in [2.45, 2.75) is 12.8 Å². The van der Waals surface area contributed by atoms with Crippen molar-refractivity contribution in [2.24, 2.45) is 5.73 Å². The highest BCUT2D eigenvalue weighted by Crippen LogP contribution is 2.26. The maximum atomic E-state index is 13.5. The van der Waals surface area contributed by atoms with Gasteiger partial charge in [0.05, 0.1) is 5.92 Å². The van der Waals surface area contributed by atoms with Crippen LogP contribution in [0.3, 0.4) is 0 Å². The highest BCUT2D eigenvalue weighted by molar-refractivity contribution is 9.10. The molecule has 0 fully saturated rings. The molecule has 1 atom stereocenters. The third kappa shape index (κ3) is 2.54. The van der Waals surface area contributed by atoms with E-state index in [-0.39, 0.29) is 12.1 Å². The second kappa shape index (κ2) is 4.72. The Morgan fingerprint density at radius 3 is 2.73 bits per heavy atom. The fraction of sp³-hybridized carbons (Fsp3) is 0.300. The van der Waals surface area contributed by atoms with Crippen molar-refractivity contribution >= 4 is 21.9 Å². The highest BCUT2D eigenvalue weighted by atomic mass is 79.9. The van der Waals surface area contributed by atoms with E-state index in [4.69, 9.17) is 10.8 Å². The average molecular weight is 276 g/mol. The first-order valence-corrected chi connectivity index (χ1v) is 5.15. The van der Waals surface area contributed by atoms with Gasteiger partial charge in [-0.15, -0.1) is 0 Å². The molecule has 82 valence electrons. The monoisotopic (exact) mass is 275 g/mol. The first-order valence-electron chi connectivity index (χ1n) is 4.35. The predicted molar refractivity (Wildman–Crippen MR) is 58.3 cm³/mol. The fourth-order valence-corrected chi connectivity index (χ4v) is 1.65. The van der Waals surface area contributed by atoms with Gasteiger partial charge in [-0.05, 0) is 24.6 Å². The van der Waals surface area contributed by atoms with E-state index in [0.29, 0.717) is 4.47 Å². The molecule has 15 heavy (non-hydrogen) atoms. The molecule has 1 aromatic rings. The molecule has 1 unspecified atom stereocenters. The van der Waals surface area contributed by atoms with E-state index in [0.717, 1.165) is 5.56 Å². The summed E-state index contributed by atoms with van der Waals surface area (Å²) in [4.78, 5) is 10.8. The molecule has 3 N–H and O–H groups in total. The van der Waals surface area contributed by atoms with Crippen LogP contribution in [0.5, 0.6) is 0 Å². The number of halogens is 2. The van der Waals surface area contributed by atoms with Crippen molar-refractivity contribution in [1.82, 2.24) is 0 Å². The largest absolute Gasteiger partial charge is 0.481 e. The van der Waals surface area contributed by atoms with Gasteiger partial charge in [0.1, 0.15) is 5.82 Å². The van der Waals surface area contributed by atoms with E-state index in [1.165, 1.54) is 12.1 Å². The second-order valence-corrected chi connectivity index (χ2v) is 4.10. The van der Waals surface area contributed by atoms with Crippen LogP contribution in [0.15, 0.2) is 16.6 Å². The molecule has 5 heteroatoms. The Bertz CT molecular complexity index is 395. The Morgan fingerprint density at radius 1 is 1.67 bits per heavy atom. The smallest absolute Gasteiger partial charge is 0.312 e. The molecular weight excluding hydrogens is 265 g/mol. The zero-order valence-electron chi connectivity index (χ0n) is 8.13. The predicted octanol–water partition coefficient (Wildman–Crippen LogP) is 2.02. The molecule has 1 aromatic carbocycles. The molecule has 0 bridgehead atoms. The fourth-order valence-electron chi connectivity index (χ4n) is 1.29. The summed E-state index contributed by atoms with van der Waals surface area (Å²) in [5.41, 5.74) is 6.13. The Hall–Kier alpha value is -0.940. The van der Waals surface area contributed by atoms with Crippen LogP contribution in [0.1, 0.15) is 17.0 Å². The van der Waals surface area contributed by atoms with E-state index in [1.54, 1.807) is 6.92 Å². The summed E-state index contributed by atoms with van der Waals surface area (Å²) in [6.07, 6.45) is 0. The van der Waals surface area contributed by atoms with E-state index in [2.05, 4.69) is 15.9 Å². The zero-order valence-corrected chi connectivity index (χ0v) is 9.71. The van der Waals surface area contributed by atoms with Crippen molar-refractivity contribution in [2.75, 3.05) is 6.54 Å². The van der Waals surface area contributed by atoms with E-state index < -0.39 is 17.7 Å². The van der Waals surface area contributed by atoms with Gasteiger partial charge in [0.2, 0.25) is 0 Å². The quantitative estimate of drug-likeness (QED) is 0.887. The third-order valence-electron chi connectivity index (χ3n) is 2.19. The number of benzene rings is 1. The number of hydrogen-bond donors (Lipinski definition) is 2. The average Bonchev–Trinajstić information content (AvgIpc) is 2.14. The third-order valence-corrected chi connectivity index (χ3v) is 3.04. The van der Waals surface area contributed by atoms with Crippen molar-refractivity contribution < 1.29 is 14.3 Å². The minimum absolute atomic E-state index is 0.113. The molecule has 0 amide bonds. The standard InChI is InChI=1S/C10H11BrFNO2/c1-5-2-9(12)6(3-8(5)11)7(4-13)10(14)15/h2-3,7H,4,13H2,1H3,(H,14,15). The van der Waals surface area contributed by atoms with Gasteiger partial charge in [-0.2, -0.15) is 0 Å². The molecule has 0 aliphatic heterocycles. The van der Waals surface area contributed by atoms with Crippen molar-refractivity contribution in [1.29, 1.82) is 0 Å². The van der Waals surface area contributed by atoms with Gasteiger partial charge >= 0.3 is 5.97 Å². The van der Waals surface area contributed by atoms with E-state index >= 15 is 0 Å². The lowest BCUT2D eigenvalue weighted by Crippen LogP contribution is -2.22. The van der Waals surface area contributed by atoms with E-state index in [1.807, 2.05) is 0 Å². The van der Waals surface area contributed by atoms with Crippen LogP contribution in [0.4, 0.5) is 4.39 Å². The number of carboxylic acid groups (broad SMARTS) is 1. The molecule has 0 aliphatic carbocycles. The number of carbonyl (C=O) groups is 1. The first kappa shape index (κ1) is 12.1. The van der Waals surface area contributed by atoms with Crippen LogP contribution in [0, 0.1) is 12.7 Å². The van der Waals surface area contributed by atoms with Crippen molar-refractivity contribution in [3.8, 4) is 0 Å². The molecule has 0 saturated carbocycles. The second-order valence-electron chi connectivity index (χ2n) is 3.25. The van der Waals surface area contributed by atoms with Gasteiger partial charge in [-0.25, -0.2) is 4.39 Å². The van der Waals surface area contributed by atoms with Crippen molar-refractivity contribution in [3.05, 3.63) is 33.5 Å². The van der Waals surface area contributed by atoms with Gasteiger partial charge in [0.25, 0.3) is 0 Å². The summed E-state index contributed by atoms with van der Waals surface area (Å²) in [6, 6.07) is 2.77. The number of nitrogens with two attached hydrogens (primary N) is 1. The number of rotatable bonds is 3. The summed E-state index contributed by atoms with van der Waals surface area (Å²) >= 11 is 3.23. The Morgan fingerprint density at radius 2 is 2.27 bits per heavy atom. The number of aliphatic carboxylic acids is 1. The molecule has 0 radical (unpaired) electrons. The van der Waals surface area contributed by atoms with Gasteiger partial charge in [0.15, 0.2) is 0 Å². The molecule has 0 spiro atoms. The lowest BCUT2D eigenvalue weighted by Gasteiger charge is -2.12. The molecule has 0 aromatic heterocycles. The molecular formula is C10H11BrFNO2. The van der Waals surface area contributed by atoms with Crippen LogP contribution in [0.2, 0.25) is 0 Å². The van der Waals surface area contributed by atoms with E-state index in [9.17, 15) is 9.18 Å². The van der Waals surface area contributed by atoms with Crippen LogP contribution in [-0.2, 0) is 4.79 Å².